The van der Waals surface area contributed by atoms with E-state index in [0.29, 0.717) is 13.1 Å². The van der Waals surface area contributed by atoms with Gasteiger partial charge in [-0.25, -0.2) is 9.78 Å². The van der Waals surface area contributed by atoms with Crippen LogP contribution in [0.1, 0.15) is 17.4 Å². The van der Waals surface area contributed by atoms with Crippen LogP contribution in [0.2, 0.25) is 0 Å². The Kier molecular flexibility index (Phi) is 4.01. The molecule has 1 amide bonds. The van der Waals surface area contributed by atoms with Gasteiger partial charge in [0.2, 0.25) is 11.7 Å². The number of nitrogens with zero attached hydrogens (tertiary/aromatic N) is 3. The molecule has 21 heavy (non-hydrogen) atoms. The highest BCUT2D eigenvalue weighted by molar-refractivity contribution is 5.90. The van der Waals surface area contributed by atoms with Crippen molar-refractivity contribution < 1.29 is 19.2 Å². The van der Waals surface area contributed by atoms with Crippen LogP contribution in [0.4, 0.5) is 11.5 Å². The van der Waals surface area contributed by atoms with Crippen LogP contribution in [0.5, 0.6) is 0 Å². The largest absolute Gasteiger partial charge is 0.464 e. The van der Waals surface area contributed by atoms with E-state index in [4.69, 9.17) is 0 Å². The van der Waals surface area contributed by atoms with E-state index < -0.39 is 16.9 Å². The molecule has 2 rings (SSSR count). The number of anilines is 1. The SMILES string of the molecule is COC(=O)c1ccc([N+](=O)[O-])c(N2CCNC(=O)C2C)n1. The van der Waals surface area contributed by atoms with E-state index in [0.717, 1.165) is 0 Å². The van der Waals surface area contributed by atoms with Crippen molar-refractivity contribution in [3.63, 3.8) is 0 Å². The third-order valence-electron chi connectivity index (χ3n) is 3.22. The van der Waals surface area contributed by atoms with Gasteiger partial charge in [-0.05, 0) is 13.0 Å². The van der Waals surface area contributed by atoms with Crippen LogP contribution in [0.15, 0.2) is 12.1 Å². The summed E-state index contributed by atoms with van der Waals surface area (Å²) in [4.78, 5) is 39.3. The summed E-state index contributed by atoms with van der Waals surface area (Å²) in [5, 5.41) is 13.8. The predicted octanol–water partition coefficient (Wildman–Crippen LogP) is 0.101. The van der Waals surface area contributed by atoms with E-state index in [1.165, 1.54) is 24.1 Å². The molecule has 0 spiro atoms. The number of nitrogens with one attached hydrogen (secondary N) is 1. The maximum Gasteiger partial charge on any atom is 0.356 e. The fourth-order valence-electron chi connectivity index (χ4n) is 2.08. The molecule has 1 aliphatic rings. The number of carbonyl (C=O) groups excluding carboxylic acids is 2. The maximum atomic E-state index is 11.7. The van der Waals surface area contributed by atoms with E-state index in [-0.39, 0.29) is 23.1 Å². The lowest BCUT2D eigenvalue weighted by Gasteiger charge is -2.33. The highest BCUT2D eigenvalue weighted by Gasteiger charge is 2.32. The lowest BCUT2D eigenvalue weighted by atomic mass is 10.2. The monoisotopic (exact) mass is 294 g/mol. The van der Waals surface area contributed by atoms with Crippen LogP contribution in [0.25, 0.3) is 0 Å². The van der Waals surface area contributed by atoms with Crippen molar-refractivity contribution >= 4 is 23.4 Å². The third-order valence-corrected chi connectivity index (χ3v) is 3.22. The van der Waals surface area contributed by atoms with Gasteiger partial charge in [0.05, 0.1) is 12.0 Å². The summed E-state index contributed by atoms with van der Waals surface area (Å²) < 4.78 is 4.56. The van der Waals surface area contributed by atoms with Crippen molar-refractivity contribution in [1.82, 2.24) is 10.3 Å². The van der Waals surface area contributed by atoms with Crippen molar-refractivity contribution in [1.29, 1.82) is 0 Å². The Bertz CT molecular complexity index is 603. The number of rotatable bonds is 3. The van der Waals surface area contributed by atoms with Crippen LogP contribution < -0.4 is 10.2 Å². The number of hydrogen-bond donors (Lipinski definition) is 1. The summed E-state index contributed by atoms with van der Waals surface area (Å²) in [5.74, 6) is -0.952. The minimum Gasteiger partial charge on any atom is -0.464 e. The first-order chi connectivity index (χ1) is 9.95. The first kappa shape index (κ1) is 14.7. The summed E-state index contributed by atoms with van der Waals surface area (Å²) in [5.41, 5.74) is -0.305. The number of hydrogen-bond acceptors (Lipinski definition) is 7. The molecule has 1 N–H and O–H groups in total. The Morgan fingerprint density at radius 1 is 1.57 bits per heavy atom. The van der Waals surface area contributed by atoms with E-state index in [9.17, 15) is 19.7 Å². The molecule has 1 aromatic heterocycles. The van der Waals surface area contributed by atoms with Crippen LogP contribution in [-0.4, -0.2) is 48.0 Å². The molecule has 1 saturated heterocycles. The van der Waals surface area contributed by atoms with Gasteiger partial charge in [0.1, 0.15) is 6.04 Å². The molecule has 1 fully saturated rings. The van der Waals surface area contributed by atoms with Crippen molar-refractivity contribution in [2.24, 2.45) is 0 Å². The molecule has 1 atom stereocenters. The first-order valence-corrected chi connectivity index (χ1v) is 6.23. The fourth-order valence-corrected chi connectivity index (χ4v) is 2.08. The number of amides is 1. The van der Waals surface area contributed by atoms with Gasteiger partial charge in [-0.2, -0.15) is 0 Å². The standard InChI is InChI=1S/C12H14N4O5/c1-7-11(17)13-5-6-15(7)10-9(16(19)20)4-3-8(14-10)12(18)21-2/h3-4,7H,5-6H2,1-2H3,(H,13,17). The van der Waals surface area contributed by atoms with Crippen molar-refractivity contribution in [3.8, 4) is 0 Å². The topological polar surface area (TPSA) is 115 Å². The summed E-state index contributed by atoms with van der Waals surface area (Å²) in [6, 6.07) is 1.80. The molecule has 0 radical (unpaired) electrons. The Balaban J connectivity index is 2.50. The number of nitro groups is 1. The van der Waals surface area contributed by atoms with Gasteiger partial charge in [0.15, 0.2) is 5.69 Å². The summed E-state index contributed by atoms with van der Waals surface area (Å²) >= 11 is 0. The molecule has 0 aliphatic carbocycles. The highest BCUT2D eigenvalue weighted by Crippen LogP contribution is 2.28. The van der Waals surface area contributed by atoms with Crippen molar-refractivity contribution in [2.45, 2.75) is 13.0 Å². The zero-order valence-electron chi connectivity index (χ0n) is 11.5. The normalized spacial score (nSPS) is 18.1. The summed E-state index contributed by atoms with van der Waals surface area (Å²) in [7, 11) is 1.20. The van der Waals surface area contributed by atoms with Crippen LogP contribution in [-0.2, 0) is 9.53 Å². The number of aromatic nitrogens is 1. The maximum absolute atomic E-state index is 11.7. The van der Waals surface area contributed by atoms with Gasteiger partial charge in [-0.15, -0.1) is 0 Å². The number of pyridine rings is 1. The average Bonchev–Trinajstić information content (AvgIpc) is 2.48. The van der Waals surface area contributed by atoms with Crippen LogP contribution in [0.3, 0.4) is 0 Å². The fraction of sp³-hybridized carbons (Fsp3) is 0.417. The van der Waals surface area contributed by atoms with Crippen LogP contribution >= 0.6 is 0 Å². The van der Waals surface area contributed by atoms with Gasteiger partial charge < -0.3 is 15.0 Å². The molecule has 0 bridgehead atoms. The Morgan fingerprint density at radius 2 is 2.29 bits per heavy atom. The van der Waals surface area contributed by atoms with Gasteiger partial charge >= 0.3 is 11.7 Å². The molecule has 0 saturated carbocycles. The Hall–Kier alpha value is -2.71. The van der Waals surface area contributed by atoms with Crippen molar-refractivity contribution in [2.75, 3.05) is 25.1 Å². The molecule has 112 valence electrons. The lowest BCUT2D eigenvalue weighted by Crippen LogP contribution is -2.54. The number of ether oxygens (including phenoxy) is 1. The Morgan fingerprint density at radius 3 is 2.90 bits per heavy atom. The molecule has 1 unspecified atom stereocenters. The van der Waals surface area contributed by atoms with Gasteiger partial charge in [0, 0.05) is 19.2 Å². The second kappa shape index (κ2) is 5.73. The lowest BCUT2D eigenvalue weighted by molar-refractivity contribution is -0.384. The molecular weight excluding hydrogens is 280 g/mol. The molecule has 2 heterocycles. The minimum atomic E-state index is -0.694. The molecular formula is C12H14N4O5. The first-order valence-electron chi connectivity index (χ1n) is 6.23. The van der Waals surface area contributed by atoms with Crippen molar-refractivity contribution in [3.05, 3.63) is 27.9 Å². The van der Waals surface area contributed by atoms with E-state index in [2.05, 4.69) is 15.0 Å². The van der Waals surface area contributed by atoms with E-state index in [1.807, 2.05) is 0 Å². The van der Waals surface area contributed by atoms with E-state index in [1.54, 1.807) is 6.92 Å². The molecule has 9 heteroatoms. The van der Waals surface area contributed by atoms with Gasteiger partial charge in [-0.1, -0.05) is 0 Å². The zero-order chi connectivity index (χ0) is 15.6. The molecule has 9 nitrogen and oxygen atoms in total. The zero-order valence-corrected chi connectivity index (χ0v) is 11.5. The number of piperazine rings is 1. The number of esters is 1. The second-order valence-corrected chi connectivity index (χ2v) is 4.45. The highest BCUT2D eigenvalue weighted by atomic mass is 16.6. The minimum absolute atomic E-state index is 0.00903. The smallest absolute Gasteiger partial charge is 0.356 e. The summed E-state index contributed by atoms with van der Waals surface area (Å²) in [6.07, 6.45) is 0. The third kappa shape index (κ3) is 2.76. The van der Waals surface area contributed by atoms with Crippen LogP contribution in [0, 0.1) is 10.1 Å². The van der Waals surface area contributed by atoms with E-state index >= 15 is 0 Å². The second-order valence-electron chi connectivity index (χ2n) is 4.45. The van der Waals surface area contributed by atoms with Gasteiger partial charge in [0.25, 0.3) is 0 Å². The summed E-state index contributed by atoms with van der Waals surface area (Å²) in [6.45, 7) is 2.33. The molecule has 1 aromatic rings. The molecule has 0 aromatic carbocycles. The number of carbonyl (C=O) groups is 2. The van der Waals surface area contributed by atoms with Gasteiger partial charge in [-0.3, -0.25) is 14.9 Å². The predicted molar refractivity (Wildman–Crippen MR) is 72.0 cm³/mol. The average molecular weight is 294 g/mol. The Labute approximate surface area is 120 Å². The quantitative estimate of drug-likeness (QED) is 0.477. The molecule has 1 aliphatic heterocycles. The number of methoxy groups -OCH3 is 1.